The molecule has 0 unspecified atom stereocenters. The molecule has 0 saturated heterocycles. The van der Waals surface area contributed by atoms with Crippen molar-refractivity contribution >= 4 is 12.3 Å². The molecule has 3 N–H and O–H groups in total. The minimum atomic E-state index is -0.496. The van der Waals surface area contributed by atoms with E-state index >= 15 is 0 Å². The number of nitrogens with one attached hydrogen (secondary N) is 2. The molecule has 0 radical (unpaired) electrons. The number of alkyl carbamates (subject to hydrolysis) is 1. The molecule has 0 aliphatic carbocycles. The first kappa shape index (κ1) is 11.9. The summed E-state index contributed by atoms with van der Waals surface area (Å²) in [5.41, 5.74) is 1.89. The lowest BCUT2D eigenvalue weighted by Gasteiger charge is -2.07. The van der Waals surface area contributed by atoms with Crippen LogP contribution in [-0.2, 0) is 4.74 Å². The van der Waals surface area contributed by atoms with Crippen molar-refractivity contribution in [1.29, 1.82) is 0 Å². The molecule has 0 saturated carbocycles. The van der Waals surface area contributed by atoms with Gasteiger partial charge in [0.05, 0.1) is 12.6 Å². The first-order valence-corrected chi connectivity index (χ1v) is 3.96. The van der Waals surface area contributed by atoms with Gasteiger partial charge in [0.25, 0.3) is 0 Å². The van der Waals surface area contributed by atoms with E-state index in [0.717, 1.165) is 0 Å². The number of carbonyl (C=O) groups excluding carboxylic acids is 1. The van der Waals surface area contributed by atoms with Crippen molar-refractivity contribution < 1.29 is 14.7 Å². The van der Waals surface area contributed by atoms with Gasteiger partial charge in [0.1, 0.15) is 6.67 Å². The highest BCUT2D eigenvalue weighted by atomic mass is 16.6. The Morgan fingerprint density at radius 1 is 1.69 bits per heavy atom. The SMILES string of the molecule is CC(C)OC(=O)NCN=CCNO. The van der Waals surface area contributed by atoms with Crippen LogP contribution in [0.15, 0.2) is 4.99 Å². The van der Waals surface area contributed by atoms with Gasteiger partial charge in [-0.15, -0.1) is 0 Å². The van der Waals surface area contributed by atoms with Gasteiger partial charge in [-0.2, -0.15) is 0 Å². The molecule has 13 heavy (non-hydrogen) atoms. The van der Waals surface area contributed by atoms with Crippen molar-refractivity contribution in [3.63, 3.8) is 0 Å². The molecule has 0 aromatic carbocycles. The average Bonchev–Trinajstić information content (AvgIpc) is 2.02. The summed E-state index contributed by atoms with van der Waals surface area (Å²) in [6, 6.07) is 0. The summed E-state index contributed by atoms with van der Waals surface area (Å²) in [6.07, 6.45) is 0.808. The average molecular weight is 189 g/mol. The van der Waals surface area contributed by atoms with Crippen LogP contribution in [0.1, 0.15) is 13.8 Å². The van der Waals surface area contributed by atoms with Gasteiger partial charge in [-0.1, -0.05) is 0 Å². The highest BCUT2D eigenvalue weighted by molar-refractivity contribution is 5.67. The van der Waals surface area contributed by atoms with Crippen molar-refractivity contribution in [3.05, 3.63) is 0 Å². The molecule has 1 amide bonds. The Morgan fingerprint density at radius 2 is 2.38 bits per heavy atom. The third-order valence-electron chi connectivity index (χ3n) is 0.969. The fourth-order valence-electron chi connectivity index (χ4n) is 0.536. The highest BCUT2D eigenvalue weighted by Crippen LogP contribution is 1.87. The maximum atomic E-state index is 10.8. The van der Waals surface area contributed by atoms with Crippen LogP contribution in [0.3, 0.4) is 0 Å². The molecule has 76 valence electrons. The van der Waals surface area contributed by atoms with Crippen LogP contribution in [-0.4, -0.2) is 36.8 Å². The number of aliphatic imine (C=N–C) groups is 1. The molecular formula is C7H15N3O3. The van der Waals surface area contributed by atoms with E-state index in [1.165, 1.54) is 6.21 Å². The lowest BCUT2D eigenvalue weighted by Crippen LogP contribution is -2.27. The monoisotopic (exact) mass is 189 g/mol. The number of hydrogen-bond donors (Lipinski definition) is 3. The molecule has 0 bridgehead atoms. The highest BCUT2D eigenvalue weighted by Gasteiger charge is 2.01. The van der Waals surface area contributed by atoms with Gasteiger partial charge in [0, 0.05) is 6.21 Å². The Morgan fingerprint density at radius 3 is 2.92 bits per heavy atom. The minimum Gasteiger partial charge on any atom is -0.447 e. The van der Waals surface area contributed by atoms with E-state index in [0.29, 0.717) is 0 Å². The fourth-order valence-corrected chi connectivity index (χ4v) is 0.536. The number of nitrogens with zero attached hydrogens (tertiary/aromatic N) is 1. The summed E-state index contributed by atoms with van der Waals surface area (Å²) in [5, 5.41) is 10.5. The second-order valence-electron chi connectivity index (χ2n) is 2.52. The summed E-state index contributed by atoms with van der Waals surface area (Å²) in [6.45, 7) is 3.92. The van der Waals surface area contributed by atoms with Crippen LogP contribution in [0.25, 0.3) is 0 Å². The molecule has 0 atom stereocenters. The van der Waals surface area contributed by atoms with Gasteiger partial charge in [-0.25, -0.2) is 10.3 Å². The zero-order valence-electron chi connectivity index (χ0n) is 7.78. The lowest BCUT2D eigenvalue weighted by atomic mass is 10.5. The van der Waals surface area contributed by atoms with E-state index in [4.69, 9.17) is 9.94 Å². The van der Waals surface area contributed by atoms with Crippen LogP contribution in [0.5, 0.6) is 0 Å². The van der Waals surface area contributed by atoms with Crippen molar-refractivity contribution in [2.45, 2.75) is 20.0 Å². The van der Waals surface area contributed by atoms with Gasteiger partial charge in [0.15, 0.2) is 0 Å². The maximum absolute atomic E-state index is 10.8. The van der Waals surface area contributed by atoms with E-state index in [2.05, 4.69) is 10.3 Å². The topological polar surface area (TPSA) is 83.0 Å². The molecule has 0 fully saturated rings. The summed E-state index contributed by atoms with van der Waals surface area (Å²) >= 11 is 0. The Balaban J connectivity index is 3.36. The lowest BCUT2D eigenvalue weighted by molar-refractivity contribution is 0.116. The van der Waals surface area contributed by atoms with E-state index in [-0.39, 0.29) is 19.3 Å². The largest absolute Gasteiger partial charge is 0.447 e. The molecule has 0 rings (SSSR count). The zero-order chi connectivity index (χ0) is 10.1. The van der Waals surface area contributed by atoms with Gasteiger partial charge < -0.3 is 15.3 Å². The number of hydrogen-bond acceptors (Lipinski definition) is 5. The number of rotatable bonds is 5. The Bertz CT molecular complexity index is 170. The molecule has 0 aliphatic heterocycles. The molecule has 0 aromatic rings. The van der Waals surface area contributed by atoms with Gasteiger partial charge >= 0.3 is 6.09 Å². The quantitative estimate of drug-likeness (QED) is 0.424. The summed E-state index contributed by atoms with van der Waals surface area (Å²) < 4.78 is 4.77. The second-order valence-corrected chi connectivity index (χ2v) is 2.52. The number of hydroxylamine groups is 1. The molecule has 0 aromatic heterocycles. The predicted octanol–water partition coefficient (Wildman–Crippen LogP) is 0.128. The second kappa shape index (κ2) is 7.51. The summed E-state index contributed by atoms with van der Waals surface area (Å²) in [7, 11) is 0. The number of ether oxygens (including phenoxy) is 1. The zero-order valence-corrected chi connectivity index (χ0v) is 7.78. The van der Waals surface area contributed by atoms with E-state index in [1.807, 2.05) is 5.48 Å². The van der Waals surface area contributed by atoms with Crippen molar-refractivity contribution in [2.24, 2.45) is 4.99 Å². The summed E-state index contributed by atoms with van der Waals surface area (Å²) in [4.78, 5) is 14.6. The molecular weight excluding hydrogens is 174 g/mol. The minimum absolute atomic E-state index is 0.136. The normalized spacial score (nSPS) is 10.8. The van der Waals surface area contributed by atoms with Crippen molar-refractivity contribution in [3.8, 4) is 0 Å². The van der Waals surface area contributed by atoms with Gasteiger partial charge in [0.2, 0.25) is 0 Å². The van der Waals surface area contributed by atoms with Crippen molar-refractivity contribution in [1.82, 2.24) is 10.8 Å². The van der Waals surface area contributed by atoms with Crippen LogP contribution in [0.2, 0.25) is 0 Å². The fraction of sp³-hybridized carbons (Fsp3) is 0.714. The molecule has 6 nitrogen and oxygen atoms in total. The third-order valence-corrected chi connectivity index (χ3v) is 0.969. The third kappa shape index (κ3) is 8.77. The Labute approximate surface area is 76.9 Å². The van der Waals surface area contributed by atoms with Crippen LogP contribution in [0, 0.1) is 0 Å². The van der Waals surface area contributed by atoms with Crippen LogP contribution >= 0.6 is 0 Å². The first-order chi connectivity index (χ1) is 6.16. The predicted molar refractivity (Wildman–Crippen MR) is 47.9 cm³/mol. The van der Waals surface area contributed by atoms with E-state index in [1.54, 1.807) is 13.8 Å². The number of amides is 1. The maximum Gasteiger partial charge on any atom is 0.408 e. The number of carbonyl (C=O) groups is 1. The van der Waals surface area contributed by atoms with E-state index < -0.39 is 6.09 Å². The Hall–Kier alpha value is -1.14. The smallest absolute Gasteiger partial charge is 0.408 e. The molecule has 0 spiro atoms. The molecule has 6 heteroatoms. The van der Waals surface area contributed by atoms with Crippen molar-refractivity contribution in [2.75, 3.05) is 13.2 Å². The molecule has 0 aliphatic rings. The van der Waals surface area contributed by atoms with Crippen LogP contribution < -0.4 is 10.8 Å². The first-order valence-electron chi connectivity index (χ1n) is 3.96. The standard InChI is InChI=1S/C7H15N3O3/c1-6(2)13-7(11)9-5-8-3-4-10-12/h3,6,10,12H,4-5H2,1-2H3,(H,9,11). The van der Waals surface area contributed by atoms with Gasteiger partial charge in [-0.3, -0.25) is 4.99 Å². The summed E-state index contributed by atoms with van der Waals surface area (Å²) in [5.74, 6) is 0. The molecule has 0 heterocycles. The van der Waals surface area contributed by atoms with E-state index in [9.17, 15) is 4.79 Å². The van der Waals surface area contributed by atoms with Crippen LogP contribution in [0.4, 0.5) is 4.79 Å². The Kier molecular flexibility index (Phi) is 6.85. The van der Waals surface area contributed by atoms with Gasteiger partial charge in [-0.05, 0) is 13.8 Å².